The lowest BCUT2D eigenvalue weighted by molar-refractivity contribution is -0.129. The van der Waals surface area contributed by atoms with Crippen LogP contribution in [0.2, 0.25) is 0 Å². The number of nitrogens with one attached hydrogen (secondary N) is 2. The molecule has 7 nitrogen and oxygen atoms in total. The van der Waals surface area contributed by atoms with Crippen LogP contribution < -0.4 is 21.5 Å². The van der Waals surface area contributed by atoms with Crippen molar-refractivity contribution in [3.8, 4) is 11.3 Å². The van der Waals surface area contributed by atoms with E-state index in [0.29, 0.717) is 35.5 Å². The zero-order valence-electron chi connectivity index (χ0n) is 22.0. The summed E-state index contributed by atoms with van der Waals surface area (Å²) in [5.74, 6) is 0.892. The molecule has 0 saturated heterocycles. The molecular formula is C32H31FN4O3. The van der Waals surface area contributed by atoms with Gasteiger partial charge in [-0.15, -0.1) is 0 Å². The van der Waals surface area contributed by atoms with Crippen LogP contribution in [0.4, 0.5) is 21.5 Å². The standard InChI is InChI=1S/C32H31FN4O3/c33-20-5-7-21(8-6-20)35-28-29(31(40)30(28)39)36-27-18-9-17-10-19(27)14-32(12-17,13-18)26(38)11-24-22-3-1-2-4-23(22)25-15-34-16-37(24)25/h1-8,15-19,24,26-27,35-36,38H,9-14H2. The van der Waals surface area contributed by atoms with E-state index < -0.39 is 17.0 Å². The molecular weight excluding hydrogens is 507 g/mol. The van der Waals surface area contributed by atoms with Crippen LogP contribution in [0.25, 0.3) is 11.3 Å². The van der Waals surface area contributed by atoms with E-state index >= 15 is 0 Å². The van der Waals surface area contributed by atoms with Crippen molar-refractivity contribution in [1.82, 2.24) is 9.55 Å². The topological polar surface area (TPSA) is 96.2 Å². The minimum absolute atomic E-state index is 0.0782. The van der Waals surface area contributed by atoms with Crippen LogP contribution in [0.15, 0.2) is 70.6 Å². The first kappa shape index (κ1) is 24.1. The number of halogens is 1. The maximum atomic E-state index is 13.3. The maximum absolute atomic E-state index is 13.3. The molecule has 4 saturated carbocycles. The molecule has 4 fully saturated rings. The average Bonchev–Trinajstić information content (AvgIpc) is 3.55. The van der Waals surface area contributed by atoms with Crippen molar-refractivity contribution in [3.63, 3.8) is 0 Å². The molecule has 5 aliphatic rings. The summed E-state index contributed by atoms with van der Waals surface area (Å²) in [6.45, 7) is 0. The van der Waals surface area contributed by atoms with Crippen LogP contribution in [-0.4, -0.2) is 26.8 Å². The molecule has 4 aromatic rings. The van der Waals surface area contributed by atoms with Crippen molar-refractivity contribution in [1.29, 1.82) is 0 Å². The molecule has 1 aromatic heterocycles. The number of nitrogens with zero attached hydrogens (tertiary/aromatic N) is 2. The first-order valence-electron chi connectivity index (χ1n) is 14.3. The number of fused-ring (bicyclic) bond motifs is 3. The molecule has 2 heterocycles. The van der Waals surface area contributed by atoms with Gasteiger partial charge < -0.3 is 20.3 Å². The van der Waals surface area contributed by atoms with Gasteiger partial charge in [-0.25, -0.2) is 9.37 Å². The van der Waals surface area contributed by atoms with Crippen molar-refractivity contribution in [2.24, 2.45) is 23.2 Å². The third-order valence-electron chi connectivity index (χ3n) is 10.4. The van der Waals surface area contributed by atoms with Gasteiger partial charge >= 0.3 is 0 Å². The minimum atomic E-state index is -0.543. The molecule has 4 aliphatic carbocycles. The van der Waals surface area contributed by atoms with E-state index in [1.165, 1.54) is 23.3 Å². The smallest absolute Gasteiger partial charge is 0.253 e. The Morgan fingerprint density at radius 2 is 1.73 bits per heavy atom. The van der Waals surface area contributed by atoms with Crippen LogP contribution >= 0.6 is 0 Å². The number of aliphatic hydroxyl groups is 1. The second kappa shape index (κ2) is 8.61. The lowest BCUT2D eigenvalue weighted by Gasteiger charge is -2.61. The SMILES string of the molecule is O=c1c(Nc2ccc(F)cc2)c(NC2C3CC4CC2CC(C(O)CC2c5ccccc5-c5cncn52)(C4)C3)c1=O. The van der Waals surface area contributed by atoms with E-state index in [4.69, 9.17) is 0 Å². The molecule has 8 heteroatoms. The van der Waals surface area contributed by atoms with E-state index in [9.17, 15) is 19.1 Å². The van der Waals surface area contributed by atoms with E-state index in [-0.39, 0.29) is 29.0 Å². The predicted molar refractivity (Wildman–Crippen MR) is 151 cm³/mol. The van der Waals surface area contributed by atoms with Gasteiger partial charge in [-0.2, -0.15) is 0 Å². The fourth-order valence-corrected chi connectivity index (χ4v) is 8.86. The molecule has 40 heavy (non-hydrogen) atoms. The number of benzene rings is 2. The lowest BCUT2D eigenvalue weighted by Crippen LogP contribution is -2.60. The van der Waals surface area contributed by atoms with E-state index in [1.807, 2.05) is 12.5 Å². The van der Waals surface area contributed by atoms with Crippen LogP contribution in [0.5, 0.6) is 0 Å². The summed E-state index contributed by atoms with van der Waals surface area (Å²) in [5, 5.41) is 18.4. The molecule has 4 atom stereocenters. The number of anilines is 3. The van der Waals surface area contributed by atoms with Crippen molar-refractivity contribution < 1.29 is 9.50 Å². The van der Waals surface area contributed by atoms with Crippen molar-refractivity contribution in [3.05, 3.63) is 92.9 Å². The summed E-state index contributed by atoms with van der Waals surface area (Å²) in [7, 11) is 0. The third-order valence-corrected chi connectivity index (χ3v) is 10.4. The molecule has 4 unspecified atom stereocenters. The molecule has 4 bridgehead atoms. The second-order valence-electron chi connectivity index (χ2n) is 12.6. The molecule has 0 radical (unpaired) electrons. The van der Waals surface area contributed by atoms with Crippen molar-refractivity contribution >= 4 is 17.1 Å². The Hall–Kier alpha value is -3.78. The van der Waals surface area contributed by atoms with Gasteiger partial charge in [0.1, 0.15) is 17.2 Å². The number of imidazole rings is 1. The lowest BCUT2D eigenvalue weighted by atomic mass is 9.46. The summed E-state index contributed by atoms with van der Waals surface area (Å²) >= 11 is 0. The van der Waals surface area contributed by atoms with E-state index in [0.717, 1.165) is 37.8 Å². The fraction of sp³-hybridized carbons (Fsp3) is 0.406. The van der Waals surface area contributed by atoms with Crippen LogP contribution in [0, 0.1) is 29.0 Å². The normalized spacial score (nSPS) is 30.3. The van der Waals surface area contributed by atoms with Crippen LogP contribution in [-0.2, 0) is 0 Å². The van der Waals surface area contributed by atoms with Gasteiger partial charge in [-0.3, -0.25) is 9.59 Å². The Morgan fingerprint density at radius 1 is 1.00 bits per heavy atom. The first-order valence-corrected chi connectivity index (χ1v) is 14.3. The van der Waals surface area contributed by atoms with Crippen LogP contribution in [0.1, 0.15) is 50.1 Å². The number of hydrogen-bond donors (Lipinski definition) is 3. The number of hydrogen-bond acceptors (Lipinski definition) is 6. The molecule has 0 amide bonds. The van der Waals surface area contributed by atoms with Crippen LogP contribution in [0.3, 0.4) is 0 Å². The highest BCUT2D eigenvalue weighted by atomic mass is 19.1. The number of aliphatic hydroxyl groups excluding tert-OH is 1. The van der Waals surface area contributed by atoms with Gasteiger partial charge in [-0.05, 0) is 91.5 Å². The molecule has 3 aromatic carbocycles. The zero-order valence-corrected chi connectivity index (χ0v) is 22.0. The summed E-state index contributed by atoms with van der Waals surface area (Å²) in [6, 6.07) is 14.4. The summed E-state index contributed by atoms with van der Waals surface area (Å²) < 4.78 is 15.5. The monoisotopic (exact) mass is 538 g/mol. The molecule has 0 spiro atoms. The summed E-state index contributed by atoms with van der Waals surface area (Å²) in [4.78, 5) is 29.4. The number of rotatable bonds is 7. The highest BCUT2D eigenvalue weighted by molar-refractivity contribution is 5.79. The fourth-order valence-electron chi connectivity index (χ4n) is 8.86. The Kier molecular flexibility index (Phi) is 5.18. The number of aromatic nitrogens is 2. The maximum Gasteiger partial charge on any atom is 0.253 e. The molecule has 3 N–H and O–H groups in total. The van der Waals surface area contributed by atoms with Crippen molar-refractivity contribution in [2.45, 2.75) is 56.7 Å². The third kappa shape index (κ3) is 3.48. The largest absolute Gasteiger partial charge is 0.392 e. The van der Waals surface area contributed by atoms with Gasteiger partial charge in [0.2, 0.25) is 0 Å². The molecule has 9 rings (SSSR count). The highest BCUT2D eigenvalue weighted by Gasteiger charge is 2.58. The van der Waals surface area contributed by atoms with Gasteiger partial charge in [0.25, 0.3) is 10.9 Å². The van der Waals surface area contributed by atoms with Gasteiger partial charge in [0, 0.05) is 17.3 Å². The summed E-state index contributed by atoms with van der Waals surface area (Å²) in [6.07, 6.45) is 9.06. The van der Waals surface area contributed by atoms with Crippen molar-refractivity contribution in [2.75, 3.05) is 10.6 Å². The van der Waals surface area contributed by atoms with Gasteiger partial charge in [0.05, 0.1) is 30.4 Å². The zero-order chi connectivity index (χ0) is 27.2. The first-order chi connectivity index (χ1) is 19.4. The second-order valence-corrected chi connectivity index (χ2v) is 12.6. The average molecular weight is 539 g/mol. The minimum Gasteiger partial charge on any atom is -0.392 e. The summed E-state index contributed by atoms with van der Waals surface area (Å²) in [5.41, 5.74) is 3.57. The Balaban J connectivity index is 1.02. The van der Waals surface area contributed by atoms with E-state index in [1.54, 1.807) is 12.1 Å². The quantitative estimate of drug-likeness (QED) is 0.287. The highest BCUT2D eigenvalue weighted by Crippen LogP contribution is 2.63. The molecule has 1 aliphatic heterocycles. The van der Waals surface area contributed by atoms with E-state index in [2.05, 4.69) is 44.5 Å². The van der Waals surface area contributed by atoms with Gasteiger partial charge in [0.15, 0.2) is 0 Å². The Labute approximate surface area is 230 Å². The Bertz CT molecular complexity index is 1670. The molecule has 204 valence electrons. The predicted octanol–water partition coefficient (Wildman–Crippen LogP) is 4.99. The van der Waals surface area contributed by atoms with Gasteiger partial charge in [-0.1, -0.05) is 24.3 Å². The Morgan fingerprint density at radius 3 is 2.50 bits per heavy atom.